The summed E-state index contributed by atoms with van der Waals surface area (Å²) in [4.78, 5) is 14.4. The molecule has 5 nitrogen and oxygen atoms in total. The molecule has 1 aromatic carbocycles. The fourth-order valence-electron chi connectivity index (χ4n) is 2.59. The number of aromatic nitrogens is 1. The number of carboxylic acid groups (broad SMARTS) is 1. The smallest absolute Gasteiger partial charge is 0.354 e. The molecule has 2 atom stereocenters. The van der Waals surface area contributed by atoms with Crippen LogP contribution in [0.1, 0.15) is 16.1 Å². The molecule has 9 heteroatoms. The summed E-state index contributed by atoms with van der Waals surface area (Å²) in [5.74, 6) is -4.55. The Hall–Kier alpha value is -2.36. The first-order valence-electron chi connectivity index (χ1n) is 7.37. The Kier molecular flexibility index (Phi) is 5.03. The predicted octanol–water partition coefficient (Wildman–Crippen LogP) is 2.67. The van der Waals surface area contributed by atoms with Gasteiger partial charge < -0.3 is 15.3 Å². The Morgan fingerprint density at radius 3 is 2.38 bits per heavy atom. The van der Waals surface area contributed by atoms with E-state index in [1.807, 2.05) is 0 Å². The number of benzene rings is 1. The van der Waals surface area contributed by atoms with E-state index in [1.54, 1.807) is 0 Å². The third kappa shape index (κ3) is 3.33. The van der Waals surface area contributed by atoms with Gasteiger partial charge in [-0.2, -0.15) is 0 Å². The van der Waals surface area contributed by atoms with E-state index in [-0.39, 0.29) is 11.1 Å². The van der Waals surface area contributed by atoms with Gasteiger partial charge in [-0.05, 0) is 35.4 Å². The van der Waals surface area contributed by atoms with Crippen molar-refractivity contribution in [2.75, 3.05) is 5.75 Å². The average Bonchev–Trinajstić information content (AvgIpc) is 2.58. The molecule has 0 radical (unpaired) electrons. The monoisotopic (exact) mass is 383 g/mol. The molecule has 1 aromatic heterocycles. The van der Waals surface area contributed by atoms with Gasteiger partial charge in [-0.1, -0.05) is 6.08 Å². The Labute approximate surface area is 149 Å². The van der Waals surface area contributed by atoms with Gasteiger partial charge in [0, 0.05) is 5.75 Å². The Balaban J connectivity index is 2.11. The van der Waals surface area contributed by atoms with Crippen molar-refractivity contribution in [3.63, 3.8) is 0 Å². The number of hydrogen-bond donors (Lipinski definition) is 3. The highest BCUT2D eigenvalue weighted by Crippen LogP contribution is 2.34. The molecule has 0 fully saturated rings. The lowest BCUT2D eigenvalue weighted by Crippen LogP contribution is -2.27. The number of pyridine rings is 1. The quantitative estimate of drug-likeness (QED) is 0.755. The minimum absolute atomic E-state index is 0.00889. The van der Waals surface area contributed by atoms with Crippen LogP contribution in [0.15, 0.2) is 30.3 Å². The van der Waals surface area contributed by atoms with Crippen molar-refractivity contribution in [2.24, 2.45) is 0 Å². The minimum Gasteiger partial charge on any atom is -0.477 e. The van der Waals surface area contributed by atoms with Crippen molar-refractivity contribution in [1.29, 1.82) is 0 Å². The number of aliphatic hydroxyl groups excluding tert-OH is 2. The molecule has 1 aliphatic heterocycles. The molecule has 0 saturated carbocycles. The minimum atomic E-state index is -1.47. The van der Waals surface area contributed by atoms with Crippen molar-refractivity contribution in [3.05, 3.63) is 59.1 Å². The second-order valence-electron chi connectivity index (χ2n) is 5.48. The summed E-state index contributed by atoms with van der Waals surface area (Å²) in [6.45, 7) is 0. The van der Waals surface area contributed by atoms with Gasteiger partial charge in [-0.3, -0.25) is 0 Å². The van der Waals surface area contributed by atoms with E-state index < -0.39 is 51.9 Å². The summed E-state index contributed by atoms with van der Waals surface area (Å²) in [6.07, 6.45) is 0.198. The Morgan fingerprint density at radius 2 is 1.77 bits per heavy atom. The first kappa shape index (κ1) is 18.4. The summed E-state index contributed by atoms with van der Waals surface area (Å²) in [5.41, 5.74) is -3.13. The van der Waals surface area contributed by atoms with Gasteiger partial charge in [-0.15, -0.1) is 11.8 Å². The highest BCUT2D eigenvalue weighted by Gasteiger charge is 2.28. The van der Waals surface area contributed by atoms with Gasteiger partial charge in [0.15, 0.2) is 0 Å². The number of hydrogen-bond acceptors (Lipinski definition) is 5. The van der Waals surface area contributed by atoms with Crippen LogP contribution in [0.5, 0.6) is 0 Å². The van der Waals surface area contributed by atoms with Gasteiger partial charge in [0.25, 0.3) is 0 Å². The van der Waals surface area contributed by atoms with Crippen LogP contribution in [0.4, 0.5) is 13.2 Å². The van der Waals surface area contributed by atoms with Gasteiger partial charge in [-0.25, -0.2) is 22.9 Å². The zero-order valence-corrected chi connectivity index (χ0v) is 13.8. The lowest BCUT2D eigenvalue weighted by Gasteiger charge is -2.25. The van der Waals surface area contributed by atoms with Crippen LogP contribution in [0.25, 0.3) is 16.8 Å². The Morgan fingerprint density at radius 1 is 1.12 bits per heavy atom. The van der Waals surface area contributed by atoms with Crippen LogP contribution in [0.3, 0.4) is 0 Å². The molecule has 0 saturated heterocycles. The highest BCUT2D eigenvalue weighted by atomic mass is 32.2. The summed E-state index contributed by atoms with van der Waals surface area (Å²) < 4.78 is 43.0. The maximum absolute atomic E-state index is 14.5. The lowest BCUT2D eigenvalue weighted by atomic mass is 9.97. The van der Waals surface area contributed by atoms with Gasteiger partial charge in [0.05, 0.1) is 5.56 Å². The number of carboxylic acids is 1. The second-order valence-corrected chi connectivity index (χ2v) is 6.62. The number of nitrogens with zero attached hydrogens (tertiary/aromatic N) is 1. The van der Waals surface area contributed by atoms with E-state index in [9.17, 15) is 28.2 Å². The largest absolute Gasteiger partial charge is 0.477 e. The standard InChI is InChI=1S/C17H12F3NO4S/c18-9-1-2-12(16(23)24)21-14(9)13-10(19)5-7(6-11(13)20)8-3-4-26-17(25)15(8)22/h1-3,5-6,15,17,22,25H,4H2,(H,23,24). The fraction of sp³-hybridized carbons (Fsp3) is 0.176. The maximum Gasteiger partial charge on any atom is 0.354 e. The molecule has 0 bridgehead atoms. The van der Waals surface area contributed by atoms with E-state index in [2.05, 4.69) is 4.98 Å². The van der Waals surface area contributed by atoms with Gasteiger partial charge >= 0.3 is 5.97 Å². The topological polar surface area (TPSA) is 90.7 Å². The normalized spacial score (nSPS) is 20.0. The van der Waals surface area contributed by atoms with E-state index in [4.69, 9.17) is 5.11 Å². The molecule has 2 aromatic rings. The third-order valence-electron chi connectivity index (χ3n) is 3.84. The van der Waals surface area contributed by atoms with Gasteiger partial charge in [0.2, 0.25) is 0 Å². The number of aromatic carboxylic acids is 1. The zero-order chi connectivity index (χ0) is 19.0. The molecule has 26 heavy (non-hydrogen) atoms. The summed E-state index contributed by atoms with van der Waals surface area (Å²) >= 11 is 1.07. The summed E-state index contributed by atoms with van der Waals surface area (Å²) in [5, 5.41) is 28.6. The van der Waals surface area contributed by atoms with Crippen molar-refractivity contribution in [2.45, 2.75) is 11.5 Å². The first-order chi connectivity index (χ1) is 12.3. The number of aliphatic hydroxyl groups is 2. The number of thioether (sulfide) groups is 1. The van der Waals surface area contributed by atoms with Crippen molar-refractivity contribution in [3.8, 4) is 11.3 Å². The fourth-order valence-corrected chi connectivity index (χ4v) is 3.40. The third-order valence-corrected chi connectivity index (χ3v) is 4.79. The van der Waals surface area contributed by atoms with E-state index >= 15 is 0 Å². The van der Waals surface area contributed by atoms with Crippen LogP contribution in [-0.2, 0) is 0 Å². The Bertz CT molecular complexity index is 896. The molecule has 2 heterocycles. The van der Waals surface area contributed by atoms with Crippen molar-refractivity contribution in [1.82, 2.24) is 4.98 Å². The molecule has 2 unspecified atom stereocenters. The molecular formula is C17H12F3NO4S. The molecule has 0 spiro atoms. The van der Waals surface area contributed by atoms with E-state index in [0.29, 0.717) is 5.75 Å². The SMILES string of the molecule is O=C(O)c1ccc(F)c(-c2c(F)cc(C3=CCSC(O)C3O)cc2F)n1. The predicted molar refractivity (Wildman–Crippen MR) is 89.0 cm³/mol. The maximum atomic E-state index is 14.5. The summed E-state index contributed by atoms with van der Waals surface area (Å²) in [7, 11) is 0. The molecule has 3 N–H and O–H groups in total. The molecular weight excluding hydrogens is 371 g/mol. The van der Waals surface area contributed by atoms with Crippen LogP contribution < -0.4 is 0 Å². The molecule has 1 aliphatic rings. The van der Waals surface area contributed by atoms with Crippen LogP contribution in [0.2, 0.25) is 0 Å². The zero-order valence-electron chi connectivity index (χ0n) is 13.0. The number of rotatable bonds is 3. The van der Waals surface area contributed by atoms with Crippen LogP contribution in [-0.4, -0.2) is 43.6 Å². The molecule has 3 rings (SSSR count). The highest BCUT2D eigenvalue weighted by molar-refractivity contribution is 8.00. The molecule has 0 amide bonds. The summed E-state index contributed by atoms with van der Waals surface area (Å²) in [6, 6.07) is 3.41. The lowest BCUT2D eigenvalue weighted by molar-refractivity contribution is 0.0690. The number of carbonyl (C=O) groups is 1. The van der Waals surface area contributed by atoms with Crippen LogP contribution >= 0.6 is 11.8 Å². The molecule has 136 valence electrons. The van der Waals surface area contributed by atoms with Crippen LogP contribution in [0, 0.1) is 17.5 Å². The molecule has 0 aliphatic carbocycles. The second kappa shape index (κ2) is 7.10. The van der Waals surface area contributed by atoms with Gasteiger partial charge in [0.1, 0.15) is 40.4 Å². The first-order valence-corrected chi connectivity index (χ1v) is 8.42. The van der Waals surface area contributed by atoms with Crippen molar-refractivity contribution < 1.29 is 33.3 Å². The van der Waals surface area contributed by atoms with E-state index in [1.165, 1.54) is 6.08 Å². The average molecular weight is 383 g/mol. The van der Waals surface area contributed by atoms with E-state index in [0.717, 1.165) is 36.0 Å². The van der Waals surface area contributed by atoms with Crippen molar-refractivity contribution >= 4 is 23.3 Å². The number of halogens is 3.